The van der Waals surface area contributed by atoms with E-state index in [4.69, 9.17) is 5.21 Å². The predicted octanol–water partition coefficient (Wildman–Crippen LogP) is 5.25. The van der Waals surface area contributed by atoms with Crippen LogP contribution in [0.4, 0.5) is 0 Å². The Labute approximate surface area is 213 Å². The minimum atomic E-state index is -0.553. The zero-order valence-electron chi connectivity index (χ0n) is 20.5. The highest BCUT2D eigenvalue weighted by molar-refractivity contribution is 5.90. The van der Waals surface area contributed by atoms with Gasteiger partial charge in [-0.25, -0.2) is 5.48 Å². The standard InChI is InChI=1S/C31H33N3O2/c1-25(7-8-26-9-11-27(12-10-26)15-18-31(35)32-36)30-16-13-29(14-17-30)24-34-21-19-33(20-22-34)23-28-5-3-2-4-6-28/h2-18,36H,1,19-24H2,(H,32,35)/b8-7+,18-15+. The van der Waals surface area contributed by atoms with Crippen LogP contribution in [-0.2, 0) is 17.9 Å². The fraction of sp³-hybridized carbons (Fsp3) is 0.194. The van der Waals surface area contributed by atoms with Crippen molar-refractivity contribution in [2.24, 2.45) is 0 Å². The van der Waals surface area contributed by atoms with Crippen molar-refractivity contribution in [2.75, 3.05) is 26.2 Å². The summed E-state index contributed by atoms with van der Waals surface area (Å²) < 4.78 is 0. The number of carbonyl (C=O) groups excluding carboxylic acids is 1. The zero-order valence-corrected chi connectivity index (χ0v) is 20.5. The van der Waals surface area contributed by atoms with Gasteiger partial charge in [0.1, 0.15) is 0 Å². The maximum Gasteiger partial charge on any atom is 0.267 e. The van der Waals surface area contributed by atoms with Gasteiger partial charge in [0.05, 0.1) is 0 Å². The molecule has 4 rings (SSSR count). The van der Waals surface area contributed by atoms with E-state index in [1.54, 1.807) is 11.6 Å². The third-order valence-electron chi connectivity index (χ3n) is 6.40. The molecule has 0 aliphatic carbocycles. The Balaban J connectivity index is 1.24. The Bertz CT molecular complexity index is 1190. The van der Waals surface area contributed by atoms with Crippen molar-refractivity contribution in [3.8, 4) is 0 Å². The monoisotopic (exact) mass is 479 g/mol. The van der Waals surface area contributed by atoms with E-state index in [0.29, 0.717) is 0 Å². The summed E-state index contributed by atoms with van der Waals surface area (Å²) >= 11 is 0. The Morgan fingerprint density at radius 2 is 1.25 bits per heavy atom. The average molecular weight is 480 g/mol. The molecular formula is C31H33N3O2. The number of nitrogens with zero attached hydrogens (tertiary/aromatic N) is 2. The highest BCUT2D eigenvalue weighted by Crippen LogP contribution is 2.18. The molecule has 2 N–H and O–H groups in total. The molecule has 0 saturated carbocycles. The molecule has 0 unspecified atom stereocenters. The van der Waals surface area contributed by atoms with Crippen LogP contribution in [0, 0.1) is 0 Å². The lowest BCUT2D eigenvalue weighted by Gasteiger charge is -2.34. The van der Waals surface area contributed by atoms with E-state index in [1.807, 2.05) is 36.4 Å². The fourth-order valence-electron chi connectivity index (χ4n) is 4.25. The van der Waals surface area contributed by atoms with Crippen molar-refractivity contribution in [3.05, 3.63) is 125 Å². The van der Waals surface area contributed by atoms with Gasteiger partial charge in [-0.15, -0.1) is 0 Å². The number of piperazine rings is 1. The lowest BCUT2D eigenvalue weighted by Crippen LogP contribution is -2.45. The molecule has 0 bridgehead atoms. The SMILES string of the molecule is C=C(/C=C/c1ccc(/C=C/C(=O)NO)cc1)c1ccc(CN2CCN(Cc3ccccc3)CC2)cc1. The molecule has 3 aromatic carbocycles. The van der Waals surface area contributed by atoms with Crippen LogP contribution in [0.1, 0.15) is 27.8 Å². The van der Waals surface area contributed by atoms with Crippen LogP contribution in [0.15, 0.2) is 97.6 Å². The van der Waals surface area contributed by atoms with Gasteiger partial charge in [0.25, 0.3) is 5.91 Å². The van der Waals surface area contributed by atoms with Crippen LogP contribution in [0.3, 0.4) is 0 Å². The molecule has 0 radical (unpaired) electrons. The number of hydrogen-bond donors (Lipinski definition) is 2. The first-order valence-corrected chi connectivity index (χ1v) is 12.3. The zero-order chi connectivity index (χ0) is 25.2. The van der Waals surface area contributed by atoms with E-state index in [9.17, 15) is 4.79 Å². The van der Waals surface area contributed by atoms with E-state index in [-0.39, 0.29) is 0 Å². The number of allylic oxidation sites excluding steroid dienone is 2. The van der Waals surface area contributed by atoms with Gasteiger partial charge >= 0.3 is 0 Å². The van der Waals surface area contributed by atoms with Crippen LogP contribution in [-0.4, -0.2) is 47.1 Å². The van der Waals surface area contributed by atoms with Crippen LogP contribution < -0.4 is 5.48 Å². The summed E-state index contributed by atoms with van der Waals surface area (Å²) in [4.78, 5) is 16.1. The van der Waals surface area contributed by atoms with Crippen LogP contribution in [0.25, 0.3) is 17.7 Å². The minimum absolute atomic E-state index is 0.553. The Hall–Kier alpha value is -3.77. The number of amides is 1. The molecule has 5 nitrogen and oxygen atoms in total. The second-order valence-electron chi connectivity index (χ2n) is 9.07. The first kappa shape index (κ1) is 25.3. The summed E-state index contributed by atoms with van der Waals surface area (Å²) in [6.45, 7) is 10.6. The lowest BCUT2D eigenvalue weighted by atomic mass is 10.0. The summed E-state index contributed by atoms with van der Waals surface area (Å²) in [7, 11) is 0. The van der Waals surface area contributed by atoms with Gasteiger partial charge in [0.2, 0.25) is 0 Å². The molecule has 0 atom stereocenters. The molecule has 0 aromatic heterocycles. The maximum atomic E-state index is 11.1. The summed E-state index contributed by atoms with van der Waals surface area (Å²) in [5.41, 5.74) is 8.27. The summed E-state index contributed by atoms with van der Waals surface area (Å²) in [5, 5.41) is 8.54. The van der Waals surface area contributed by atoms with Crippen molar-refractivity contribution in [3.63, 3.8) is 0 Å². The Morgan fingerprint density at radius 3 is 1.78 bits per heavy atom. The molecule has 1 amide bonds. The average Bonchev–Trinajstić information content (AvgIpc) is 2.93. The first-order chi connectivity index (χ1) is 17.6. The lowest BCUT2D eigenvalue weighted by molar-refractivity contribution is -0.124. The molecule has 3 aromatic rings. The third kappa shape index (κ3) is 7.62. The largest absolute Gasteiger partial charge is 0.297 e. The first-order valence-electron chi connectivity index (χ1n) is 12.3. The van der Waals surface area contributed by atoms with Crippen LogP contribution in [0.5, 0.6) is 0 Å². The molecule has 5 heteroatoms. The van der Waals surface area contributed by atoms with Crippen LogP contribution in [0.2, 0.25) is 0 Å². The van der Waals surface area contributed by atoms with Gasteiger partial charge in [-0.05, 0) is 39.5 Å². The van der Waals surface area contributed by atoms with Crippen molar-refractivity contribution < 1.29 is 10.0 Å². The fourth-order valence-corrected chi connectivity index (χ4v) is 4.25. The van der Waals surface area contributed by atoms with Gasteiger partial charge in [0, 0.05) is 45.3 Å². The second-order valence-corrected chi connectivity index (χ2v) is 9.07. The Morgan fingerprint density at radius 1 is 0.750 bits per heavy atom. The Kier molecular flexibility index (Phi) is 9.00. The smallest absolute Gasteiger partial charge is 0.267 e. The van der Waals surface area contributed by atoms with E-state index in [0.717, 1.165) is 61.5 Å². The number of rotatable bonds is 9. The normalized spacial score (nSPS) is 14.9. The molecule has 1 saturated heterocycles. The van der Waals surface area contributed by atoms with Crippen molar-refractivity contribution >= 4 is 23.6 Å². The summed E-state index contributed by atoms with van der Waals surface area (Å²) in [5.74, 6) is -0.553. The number of benzene rings is 3. The van der Waals surface area contributed by atoms with Crippen molar-refractivity contribution in [1.29, 1.82) is 0 Å². The molecular weight excluding hydrogens is 446 g/mol. The van der Waals surface area contributed by atoms with Crippen molar-refractivity contribution in [1.82, 2.24) is 15.3 Å². The molecule has 1 fully saturated rings. The molecule has 36 heavy (non-hydrogen) atoms. The summed E-state index contributed by atoms with van der Waals surface area (Å²) in [6, 6.07) is 27.2. The molecule has 1 aliphatic rings. The van der Waals surface area contributed by atoms with Gasteiger partial charge in [0.15, 0.2) is 0 Å². The molecule has 0 spiro atoms. The topological polar surface area (TPSA) is 55.8 Å². The minimum Gasteiger partial charge on any atom is -0.297 e. The number of hydroxylamine groups is 1. The highest BCUT2D eigenvalue weighted by Gasteiger charge is 2.17. The van der Waals surface area contributed by atoms with Gasteiger partial charge in [-0.3, -0.25) is 19.8 Å². The second kappa shape index (κ2) is 12.8. The quantitative estimate of drug-likeness (QED) is 0.191. The van der Waals surface area contributed by atoms with E-state index in [2.05, 4.69) is 71.0 Å². The van der Waals surface area contributed by atoms with E-state index >= 15 is 0 Å². The van der Waals surface area contributed by atoms with E-state index < -0.39 is 5.91 Å². The van der Waals surface area contributed by atoms with Crippen molar-refractivity contribution in [2.45, 2.75) is 13.1 Å². The van der Waals surface area contributed by atoms with E-state index in [1.165, 1.54) is 17.2 Å². The highest BCUT2D eigenvalue weighted by atomic mass is 16.5. The van der Waals surface area contributed by atoms with Gasteiger partial charge in [-0.1, -0.05) is 97.6 Å². The number of hydrogen-bond acceptors (Lipinski definition) is 4. The van der Waals surface area contributed by atoms with Crippen LogP contribution >= 0.6 is 0 Å². The maximum absolute atomic E-state index is 11.1. The summed E-state index contributed by atoms with van der Waals surface area (Å²) in [6.07, 6.45) is 6.97. The molecule has 1 aliphatic heterocycles. The number of nitrogens with one attached hydrogen (secondary N) is 1. The van der Waals surface area contributed by atoms with Gasteiger partial charge in [-0.2, -0.15) is 0 Å². The third-order valence-corrected chi connectivity index (χ3v) is 6.40. The molecule has 184 valence electrons. The van der Waals surface area contributed by atoms with Gasteiger partial charge < -0.3 is 0 Å². The number of carbonyl (C=O) groups is 1. The predicted molar refractivity (Wildman–Crippen MR) is 147 cm³/mol. The molecule has 1 heterocycles.